The Morgan fingerprint density at radius 3 is 2.35 bits per heavy atom. The van der Waals surface area contributed by atoms with Crippen LogP contribution in [-0.2, 0) is 47.7 Å². The lowest BCUT2D eigenvalue weighted by Crippen LogP contribution is -2.61. The predicted molar refractivity (Wildman–Crippen MR) is 255 cm³/mol. The first kappa shape index (κ1) is 55.7. The lowest BCUT2D eigenvalue weighted by atomic mass is 9.77. The minimum atomic E-state index is -2.43. The molecule has 69 heavy (non-hydrogen) atoms. The molecule has 1 aromatic heterocycles. The number of Topliss-reactive ketones (excluding diaryl/α,β-unsaturated/α-hetero) is 3. The van der Waals surface area contributed by atoms with Crippen LogP contribution < -0.4 is 4.80 Å². The number of hydrogen-bond donors (Lipinski definition) is 3. The van der Waals surface area contributed by atoms with Crippen LogP contribution in [0.15, 0.2) is 53.9 Å². The summed E-state index contributed by atoms with van der Waals surface area (Å²) in [5.74, 6) is -7.89. The molecular weight excluding hydrogens is 887 g/mol. The van der Waals surface area contributed by atoms with Crippen LogP contribution in [0.3, 0.4) is 0 Å². The summed E-state index contributed by atoms with van der Waals surface area (Å²) in [6.07, 6.45) is 13.9. The van der Waals surface area contributed by atoms with Crippen molar-refractivity contribution in [2.45, 2.75) is 180 Å². The minimum absolute atomic E-state index is 0.0180. The van der Waals surface area contributed by atoms with E-state index in [2.05, 4.69) is 15.4 Å². The molecule has 0 aromatic carbocycles. The van der Waals surface area contributed by atoms with Crippen molar-refractivity contribution >= 4 is 29.2 Å². The Hall–Kier alpha value is -4.26. The summed E-state index contributed by atoms with van der Waals surface area (Å²) in [6, 6.07) is -1.18. The molecule has 4 aliphatic rings. The van der Waals surface area contributed by atoms with Crippen LogP contribution >= 0.6 is 0 Å². The number of H-pyrrole nitrogens is 1. The number of amides is 1. The number of aliphatic hydroxyl groups is 2. The van der Waals surface area contributed by atoms with Gasteiger partial charge in [0.15, 0.2) is 11.8 Å². The van der Waals surface area contributed by atoms with Gasteiger partial charge in [-0.1, -0.05) is 75.9 Å². The van der Waals surface area contributed by atoms with Crippen molar-refractivity contribution in [3.05, 3.63) is 53.9 Å². The fourth-order valence-electron chi connectivity index (χ4n) is 10.7. The molecule has 1 saturated carbocycles. The number of ether oxygens (including phenoxy) is 5. The van der Waals surface area contributed by atoms with Crippen LogP contribution in [0, 0.1) is 35.5 Å². The second kappa shape index (κ2) is 25.7. The number of aromatic amines is 1. The van der Waals surface area contributed by atoms with Crippen LogP contribution in [-0.4, -0.2) is 136 Å². The molecular formula is C52H80N5O12+. The van der Waals surface area contributed by atoms with Crippen molar-refractivity contribution < 1.29 is 62.7 Å². The van der Waals surface area contributed by atoms with Gasteiger partial charge in [0.05, 0.1) is 17.3 Å². The standard InChI is InChI=1S/C52H79N5O12/c1-31-16-12-11-13-17-32(2)43(65-8)28-39-21-19-37(7)52(64,69-39)49(61)50(62)56-23-15-14-18-41(56)51(63)68-44(34(4)26-38-20-22-40(45(27-38)66-9)57-54-30-53-55-57)29-42(58)33(3)25-36(6)47(60)48(67-10)46(59)35(5)24-31/h11-13,16-17,25,30-31,33-35,37-41,43-45,47-48,60,64H,14-15,18-24,26-29H2,1-10H3/p+1/b13-11?,16-12+,32-17?,36-25+/t31-,33-,34-,35+,37-,38+,39+,40-,41?,43+,44+,45-,47-,48+,52-/m1/s1. The predicted octanol–water partition coefficient (Wildman–Crippen LogP) is 5.47. The number of cyclic esters (lactones) is 1. The number of allylic oxidation sites excluding steroid dienone is 6. The van der Waals surface area contributed by atoms with Crippen LogP contribution in [0.25, 0.3) is 0 Å². The summed E-state index contributed by atoms with van der Waals surface area (Å²) in [4.78, 5) is 74.0. The highest BCUT2D eigenvalue weighted by atomic mass is 16.6. The maximum absolute atomic E-state index is 14.5. The number of aliphatic hydroxyl groups excluding tert-OH is 1. The highest BCUT2D eigenvalue weighted by molar-refractivity contribution is 6.39. The monoisotopic (exact) mass is 967 g/mol. The third-order valence-electron chi connectivity index (χ3n) is 15.2. The Kier molecular flexibility index (Phi) is 20.8. The highest BCUT2D eigenvalue weighted by Gasteiger charge is 2.53. The highest BCUT2D eigenvalue weighted by Crippen LogP contribution is 2.38. The van der Waals surface area contributed by atoms with E-state index in [9.17, 15) is 34.2 Å². The Balaban J connectivity index is 1.46. The quantitative estimate of drug-likeness (QED) is 0.134. The van der Waals surface area contributed by atoms with Crippen molar-refractivity contribution in [1.82, 2.24) is 20.3 Å². The summed E-state index contributed by atoms with van der Waals surface area (Å²) < 4.78 is 29.9. The number of tetrazole rings is 1. The Bertz CT molecular complexity index is 2020. The summed E-state index contributed by atoms with van der Waals surface area (Å²) >= 11 is 0. The molecule has 1 unspecified atom stereocenters. The van der Waals surface area contributed by atoms with Gasteiger partial charge in [-0.05, 0) is 117 Å². The van der Waals surface area contributed by atoms with Crippen LogP contribution in [0.2, 0.25) is 0 Å². The lowest BCUT2D eigenvalue weighted by molar-refractivity contribution is -0.834. The van der Waals surface area contributed by atoms with Crippen molar-refractivity contribution in [2.75, 3.05) is 27.9 Å². The number of aromatic nitrogens is 4. The van der Waals surface area contributed by atoms with Crippen molar-refractivity contribution in [2.24, 2.45) is 35.5 Å². The number of nitrogens with zero attached hydrogens (tertiary/aromatic N) is 4. The molecule has 17 nitrogen and oxygen atoms in total. The number of piperidine rings is 1. The van der Waals surface area contributed by atoms with Gasteiger partial charge in [-0.2, -0.15) is 0 Å². The van der Waals surface area contributed by atoms with E-state index in [4.69, 9.17) is 23.7 Å². The number of carbonyl (C=O) groups is 5. The fraction of sp³-hybridized carbons (Fsp3) is 0.731. The number of nitrogens with one attached hydrogen (secondary N) is 1. The van der Waals surface area contributed by atoms with Crippen LogP contribution in [0.5, 0.6) is 0 Å². The van der Waals surface area contributed by atoms with Gasteiger partial charge in [0, 0.05) is 58.5 Å². The molecule has 384 valence electrons. The van der Waals surface area contributed by atoms with Crippen molar-refractivity contribution in [3.8, 4) is 0 Å². The molecule has 2 saturated heterocycles. The molecule has 1 aliphatic carbocycles. The molecule has 3 aliphatic heterocycles. The number of fused-ring (bicyclic) bond motifs is 3. The molecule has 15 atom stereocenters. The number of carbonyl (C=O) groups excluding carboxylic acids is 5. The van der Waals surface area contributed by atoms with E-state index >= 15 is 0 Å². The van der Waals surface area contributed by atoms with E-state index in [1.807, 2.05) is 58.1 Å². The van der Waals surface area contributed by atoms with E-state index in [1.165, 1.54) is 18.3 Å². The zero-order valence-electron chi connectivity index (χ0n) is 42.6. The number of ketones is 3. The van der Waals surface area contributed by atoms with Gasteiger partial charge < -0.3 is 38.8 Å². The molecule has 1 amide bonds. The third-order valence-corrected chi connectivity index (χ3v) is 15.2. The Morgan fingerprint density at radius 1 is 0.913 bits per heavy atom. The normalized spacial score (nSPS) is 37.5. The van der Waals surface area contributed by atoms with E-state index in [0.29, 0.717) is 56.9 Å². The van der Waals surface area contributed by atoms with Gasteiger partial charge in [0.2, 0.25) is 5.79 Å². The fourth-order valence-corrected chi connectivity index (χ4v) is 10.7. The summed E-state index contributed by atoms with van der Waals surface area (Å²) in [7, 11) is 4.63. The van der Waals surface area contributed by atoms with E-state index < -0.39 is 77.8 Å². The van der Waals surface area contributed by atoms with Crippen LogP contribution in [0.1, 0.15) is 132 Å². The maximum Gasteiger partial charge on any atom is 0.329 e. The molecule has 3 fully saturated rings. The van der Waals surface area contributed by atoms with E-state index in [1.54, 1.807) is 45.9 Å². The topological polar surface area (TPSA) is 221 Å². The van der Waals surface area contributed by atoms with Gasteiger partial charge in [0.25, 0.3) is 18.0 Å². The molecule has 5 rings (SSSR count). The Morgan fingerprint density at radius 2 is 1.67 bits per heavy atom. The number of hydrogen-bond acceptors (Lipinski definition) is 14. The Labute approximate surface area is 408 Å². The number of rotatable bonds is 7. The summed E-state index contributed by atoms with van der Waals surface area (Å²) in [6.45, 7) is 12.8. The van der Waals surface area contributed by atoms with E-state index in [-0.39, 0.29) is 60.9 Å². The molecule has 1 aromatic rings. The smallest absolute Gasteiger partial charge is 0.329 e. The molecule has 4 heterocycles. The molecule has 3 N–H and O–H groups in total. The average Bonchev–Trinajstić information content (AvgIpc) is 3.88. The average molecular weight is 967 g/mol. The van der Waals surface area contributed by atoms with Gasteiger partial charge in [-0.15, -0.1) is 0 Å². The first-order valence-electron chi connectivity index (χ1n) is 25.1. The van der Waals surface area contributed by atoms with Gasteiger partial charge >= 0.3 is 5.97 Å². The maximum atomic E-state index is 14.5. The SMILES string of the molecule is CO[C@H]1C[C@@H]2CC[C@@H](C)[C@@](O)(O2)C(=O)C(=O)N2CCCCC2C(=O)O[C@H]([C@H](C)C[C@@H]2CC[C@@H]([n+]3ncn[nH]3)[C@H](OC)C2)CC(=O)[C@H](C)/C=C(\C)[C@@H](O)[C@@H](OC)C(=O)[C@@H](C)C[C@H](C)/C=C/C=CC=C1C. The van der Waals surface area contributed by atoms with Gasteiger partial charge in [0.1, 0.15) is 36.2 Å². The zero-order valence-corrected chi connectivity index (χ0v) is 42.6. The number of esters is 1. The van der Waals surface area contributed by atoms with Crippen molar-refractivity contribution in [1.29, 1.82) is 0 Å². The summed E-state index contributed by atoms with van der Waals surface area (Å²) in [5.41, 5.74) is 1.27. The molecule has 2 bridgehead atoms. The first-order valence-corrected chi connectivity index (χ1v) is 25.1. The molecule has 0 radical (unpaired) electrons. The van der Waals surface area contributed by atoms with Gasteiger partial charge in [-0.3, -0.25) is 19.2 Å². The second-order valence-corrected chi connectivity index (χ2v) is 20.4. The van der Waals surface area contributed by atoms with Gasteiger partial charge in [-0.25, -0.2) is 4.79 Å². The largest absolute Gasteiger partial charge is 0.460 e. The third kappa shape index (κ3) is 14.2. The first-order chi connectivity index (χ1) is 32.8. The lowest BCUT2D eigenvalue weighted by Gasteiger charge is -2.42. The number of methoxy groups -OCH3 is 3. The minimum Gasteiger partial charge on any atom is -0.460 e. The van der Waals surface area contributed by atoms with Crippen molar-refractivity contribution in [3.63, 3.8) is 0 Å². The van der Waals surface area contributed by atoms with E-state index in [0.717, 1.165) is 18.4 Å². The molecule has 0 spiro atoms. The zero-order chi connectivity index (χ0) is 50.6. The molecule has 17 heteroatoms. The summed E-state index contributed by atoms with van der Waals surface area (Å²) in [5, 5.41) is 34.7. The van der Waals surface area contributed by atoms with Crippen LogP contribution in [0.4, 0.5) is 0 Å². The second-order valence-electron chi connectivity index (χ2n) is 20.4.